The lowest BCUT2D eigenvalue weighted by Crippen LogP contribution is -1.83. The largest absolute Gasteiger partial charge is 0.264 e. The second kappa shape index (κ2) is 3.11. The van der Waals surface area contributed by atoms with E-state index in [1.165, 1.54) is 5.39 Å². The topological polar surface area (TPSA) is 12.9 Å². The van der Waals surface area contributed by atoms with Crippen LogP contribution < -0.4 is 0 Å². The molecule has 0 aliphatic carbocycles. The number of pyridine rings is 1. The summed E-state index contributed by atoms with van der Waals surface area (Å²) in [5, 5.41) is 2.35. The minimum Gasteiger partial charge on any atom is -0.264 e. The third kappa shape index (κ3) is 1.16. The van der Waals surface area contributed by atoms with Crippen molar-refractivity contribution in [2.24, 2.45) is 0 Å². The van der Waals surface area contributed by atoms with E-state index in [0.29, 0.717) is 5.88 Å². The lowest BCUT2D eigenvalue weighted by atomic mass is 10.1. The maximum Gasteiger partial charge on any atom is 0.0495 e. The molecule has 1 aromatic carbocycles. The van der Waals surface area contributed by atoms with Crippen molar-refractivity contribution in [2.75, 3.05) is 0 Å². The molecule has 0 saturated heterocycles. The predicted molar refractivity (Wildman–Crippen MR) is 51.3 cm³/mol. The Bertz CT molecular complexity index is 392. The van der Waals surface area contributed by atoms with Gasteiger partial charge in [0, 0.05) is 23.7 Å². The van der Waals surface area contributed by atoms with Crippen molar-refractivity contribution >= 4 is 22.4 Å². The van der Waals surface area contributed by atoms with Crippen LogP contribution in [0.3, 0.4) is 0 Å². The van der Waals surface area contributed by atoms with Crippen molar-refractivity contribution in [3.05, 3.63) is 42.2 Å². The summed E-state index contributed by atoms with van der Waals surface area (Å²) in [4.78, 5) is 4.10. The molecule has 0 saturated carbocycles. The van der Waals surface area contributed by atoms with Crippen LogP contribution in [-0.2, 0) is 5.88 Å². The first-order chi connectivity index (χ1) is 5.92. The van der Waals surface area contributed by atoms with Crippen LogP contribution in [0.4, 0.5) is 0 Å². The quantitative estimate of drug-likeness (QED) is 0.611. The van der Waals surface area contributed by atoms with Gasteiger partial charge in [0.1, 0.15) is 0 Å². The Balaban J connectivity index is 2.79. The number of hydrogen-bond acceptors (Lipinski definition) is 1. The van der Waals surface area contributed by atoms with Crippen molar-refractivity contribution in [3.8, 4) is 0 Å². The maximum absolute atomic E-state index is 5.77. The molecule has 2 heteroatoms. The van der Waals surface area contributed by atoms with E-state index < -0.39 is 0 Å². The van der Waals surface area contributed by atoms with E-state index in [-0.39, 0.29) is 0 Å². The fourth-order valence-corrected chi connectivity index (χ4v) is 1.50. The average molecular weight is 178 g/mol. The molecule has 0 N–H and O–H groups in total. The van der Waals surface area contributed by atoms with Crippen molar-refractivity contribution in [1.29, 1.82) is 0 Å². The van der Waals surface area contributed by atoms with Crippen LogP contribution in [0.2, 0.25) is 0 Å². The smallest absolute Gasteiger partial charge is 0.0495 e. The highest BCUT2D eigenvalue weighted by atomic mass is 35.5. The normalized spacial score (nSPS) is 10.4. The van der Waals surface area contributed by atoms with Crippen molar-refractivity contribution in [1.82, 2.24) is 4.98 Å². The second-order valence-corrected chi connectivity index (χ2v) is 2.92. The van der Waals surface area contributed by atoms with Crippen LogP contribution >= 0.6 is 11.6 Å². The van der Waals surface area contributed by atoms with Crippen LogP contribution in [0, 0.1) is 0 Å². The van der Waals surface area contributed by atoms with Crippen LogP contribution in [0.15, 0.2) is 36.7 Å². The fraction of sp³-hybridized carbons (Fsp3) is 0.100. The van der Waals surface area contributed by atoms with Crippen molar-refractivity contribution in [2.45, 2.75) is 5.88 Å². The minimum atomic E-state index is 0.522. The van der Waals surface area contributed by atoms with E-state index in [2.05, 4.69) is 11.1 Å². The molecule has 0 unspecified atom stereocenters. The molecule has 0 aliphatic heterocycles. The first-order valence-electron chi connectivity index (χ1n) is 3.79. The average Bonchev–Trinajstić information content (AvgIpc) is 2.17. The summed E-state index contributed by atoms with van der Waals surface area (Å²) >= 11 is 5.77. The van der Waals surface area contributed by atoms with Crippen LogP contribution in [0.5, 0.6) is 0 Å². The summed E-state index contributed by atoms with van der Waals surface area (Å²) in [6.45, 7) is 0. The molecule has 2 aromatic rings. The van der Waals surface area contributed by atoms with Crippen LogP contribution in [0.1, 0.15) is 5.56 Å². The van der Waals surface area contributed by atoms with E-state index in [1.807, 2.05) is 30.6 Å². The van der Waals surface area contributed by atoms with Crippen molar-refractivity contribution < 1.29 is 0 Å². The van der Waals surface area contributed by atoms with Gasteiger partial charge in [-0.2, -0.15) is 0 Å². The summed E-state index contributed by atoms with van der Waals surface area (Å²) in [6.07, 6.45) is 3.67. The number of hydrogen-bond donors (Lipinski definition) is 0. The van der Waals surface area contributed by atoms with Gasteiger partial charge in [-0.15, -0.1) is 11.6 Å². The molecule has 0 amide bonds. The monoisotopic (exact) mass is 177 g/mol. The highest BCUT2D eigenvalue weighted by Crippen LogP contribution is 2.17. The van der Waals surface area contributed by atoms with Gasteiger partial charge in [0.2, 0.25) is 0 Å². The lowest BCUT2D eigenvalue weighted by Gasteiger charge is -2.00. The number of halogens is 1. The molecule has 1 nitrogen and oxygen atoms in total. The first-order valence-corrected chi connectivity index (χ1v) is 4.33. The molecule has 60 valence electrons. The van der Waals surface area contributed by atoms with E-state index in [0.717, 1.165) is 10.9 Å². The van der Waals surface area contributed by atoms with E-state index in [4.69, 9.17) is 11.6 Å². The number of nitrogens with zero attached hydrogens (tertiary/aromatic N) is 1. The number of alkyl halides is 1. The van der Waals surface area contributed by atoms with Gasteiger partial charge in [0.05, 0.1) is 0 Å². The molecule has 1 aromatic heterocycles. The molecular weight excluding hydrogens is 170 g/mol. The second-order valence-electron chi connectivity index (χ2n) is 2.65. The van der Waals surface area contributed by atoms with Gasteiger partial charge < -0.3 is 0 Å². The molecule has 1 heterocycles. The third-order valence-electron chi connectivity index (χ3n) is 1.89. The van der Waals surface area contributed by atoms with Gasteiger partial charge in [-0.3, -0.25) is 4.98 Å². The lowest BCUT2D eigenvalue weighted by molar-refractivity contribution is 1.29. The van der Waals surface area contributed by atoms with Gasteiger partial charge in [0.15, 0.2) is 0 Å². The van der Waals surface area contributed by atoms with Crippen LogP contribution in [0.25, 0.3) is 10.8 Å². The number of aromatic nitrogens is 1. The highest BCUT2D eigenvalue weighted by molar-refractivity contribution is 6.18. The zero-order valence-corrected chi connectivity index (χ0v) is 7.25. The summed E-state index contributed by atoms with van der Waals surface area (Å²) < 4.78 is 0. The Morgan fingerprint density at radius 3 is 2.83 bits per heavy atom. The zero-order chi connectivity index (χ0) is 8.39. The Hall–Kier alpha value is -1.08. The minimum absolute atomic E-state index is 0.522. The van der Waals surface area contributed by atoms with E-state index in [9.17, 15) is 0 Å². The van der Waals surface area contributed by atoms with Gasteiger partial charge in [-0.1, -0.05) is 24.3 Å². The summed E-state index contributed by atoms with van der Waals surface area (Å²) in [5.41, 5.74) is 1.09. The molecule has 0 radical (unpaired) electrons. The van der Waals surface area contributed by atoms with Gasteiger partial charge >= 0.3 is 0 Å². The van der Waals surface area contributed by atoms with Gasteiger partial charge in [0.25, 0.3) is 0 Å². The Labute approximate surface area is 76.0 Å². The Morgan fingerprint density at radius 1 is 1.17 bits per heavy atom. The van der Waals surface area contributed by atoms with Gasteiger partial charge in [-0.05, 0) is 10.9 Å². The summed E-state index contributed by atoms with van der Waals surface area (Å²) in [6, 6.07) is 8.12. The highest BCUT2D eigenvalue weighted by Gasteiger charge is 1.97. The van der Waals surface area contributed by atoms with E-state index >= 15 is 0 Å². The first kappa shape index (κ1) is 7.56. The standard InChI is InChI=1S/C10H8ClN/c11-5-9-7-12-6-8-3-1-2-4-10(8)9/h1-4,6-7H,5H2. The Morgan fingerprint density at radius 2 is 2.00 bits per heavy atom. The van der Waals surface area contributed by atoms with E-state index in [1.54, 1.807) is 0 Å². The SMILES string of the molecule is ClCc1cncc2ccccc12. The fourth-order valence-electron chi connectivity index (χ4n) is 1.29. The molecule has 0 atom stereocenters. The number of benzene rings is 1. The molecular formula is C10H8ClN. The molecule has 0 spiro atoms. The molecule has 2 rings (SSSR count). The zero-order valence-electron chi connectivity index (χ0n) is 6.50. The van der Waals surface area contributed by atoms with Crippen molar-refractivity contribution in [3.63, 3.8) is 0 Å². The predicted octanol–water partition coefficient (Wildman–Crippen LogP) is 2.97. The molecule has 0 fully saturated rings. The van der Waals surface area contributed by atoms with Crippen LogP contribution in [-0.4, -0.2) is 4.98 Å². The molecule has 12 heavy (non-hydrogen) atoms. The molecule has 0 bridgehead atoms. The number of rotatable bonds is 1. The summed E-state index contributed by atoms with van der Waals surface area (Å²) in [7, 11) is 0. The van der Waals surface area contributed by atoms with Gasteiger partial charge in [-0.25, -0.2) is 0 Å². The third-order valence-corrected chi connectivity index (χ3v) is 2.18. The maximum atomic E-state index is 5.77. The number of fused-ring (bicyclic) bond motifs is 1. The Kier molecular flexibility index (Phi) is 1.96. The summed E-state index contributed by atoms with van der Waals surface area (Å²) in [5.74, 6) is 0.522. The molecule has 0 aliphatic rings.